The van der Waals surface area contributed by atoms with Crippen molar-refractivity contribution in [1.82, 2.24) is 5.32 Å². The third kappa shape index (κ3) is 2.16. The van der Waals surface area contributed by atoms with Crippen LogP contribution in [0.4, 0.5) is 0 Å². The summed E-state index contributed by atoms with van der Waals surface area (Å²) in [5, 5.41) is 3.44. The molecule has 76 valence electrons. The molecule has 0 aliphatic heterocycles. The van der Waals surface area contributed by atoms with E-state index in [1.165, 1.54) is 18.4 Å². The molecule has 1 aromatic carbocycles. The second-order valence-electron chi connectivity index (χ2n) is 4.46. The van der Waals surface area contributed by atoms with Gasteiger partial charge < -0.3 is 5.32 Å². The summed E-state index contributed by atoms with van der Waals surface area (Å²) in [5.41, 5.74) is 1.45. The highest BCUT2D eigenvalue weighted by Gasteiger charge is 2.38. The van der Waals surface area contributed by atoms with Gasteiger partial charge in [-0.15, -0.1) is 0 Å². The number of likely N-dealkylation sites (N-methyl/N-ethyl adjacent to an activating group) is 1. The van der Waals surface area contributed by atoms with Gasteiger partial charge in [0.25, 0.3) is 0 Å². The second-order valence-corrected chi connectivity index (χ2v) is 4.46. The van der Waals surface area contributed by atoms with Crippen LogP contribution in [0.3, 0.4) is 0 Å². The minimum absolute atomic E-state index is 0.674. The topological polar surface area (TPSA) is 12.0 Å². The summed E-state index contributed by atoms with van der Waals surface area (Å²) in [7, 11) is 2.08. The lowest BCUT2D eigenvalue weighted by Gasteiger charge is -2.15. The van der Waals surface area contributed by atoms with Crippen LogP contribution in [0.5, 0.6) is 0 Å². The molecule has 3 unspecified atom stereocenters. The average molecular weight is 189 g/mol. The fraction of sp³-hybridized carbons (Fsp3) is 0.538. The van der Waals surface area contributed by atoms with Crippen LogP contribution in [-0.2, 0) is 6.42 Å². The molecule has 1 heteroatoms. The summed E-state index contributed by atoms with van der Waals surface area (Å²) in [4.78, 5) is 0. The summed E-state index contributed by atoms with van der Waals surface area (Å²) in [6, 6.07) is 11.4. The van der Waals surface area contributed by atoms with Crippen LogP contribution < -0.4 is 5.32 Å². The van der Waals surface area contributed by atoms with Crippen molar-refractivity contribution < 1.29 is 0 Å². The molecule has 3 atom stereocenters. The SMILES string of the molecule is CNC(Cc1ccccc1)C1CC1C. The molecule has 0 radical (unpaired) electrons. The first-order chi connectivity index (χ1) is 6.81. The van der Waals surface area contributed by atoms with Crippen molar-refractivity contribution in [2.24, 2.45) is 11.8 Å². The molecule has 14 heavy (non-hydrogen) atoms. The number of rotatable bonds is 4. The molecule has 1 N–H and O–H groups in total. The van der Waals surface area contributed by atoms with Gasteiger partial charge in [0.1, 0.15) is 0 Å². The predicted molar refractivity (Wildman–Crippen MR) is 60.3 cm³/mol. The van der Waals surface area contributed by atoms with Gasteiger partial charge in [0.2, 0.25) is 0 Å². The highest BCUT2D eigenvalue weighted by atomic mass is 14.9. The van der Waals surface area contributed by atoms with Crippen molar-refractivity contribution in [3.8, 4) is 0 Å². The van der Waals surface area contributed by atoms with Crippen molar-refractivity contribution in [3.63, 3.8) is 0 Å². The van der Waals surface area contributed by atoms with Crippen molar-refractivity contribution in [2.75, 3.05) is 7.05 Å². The Morgan fingerprint density at radius 3 is 2.50 bits per heavy atom. The molecular weight excluding hydrogens is 170 g/mol. The van der Waals surface area contributed by atoms with Gasteiger partial charge in [0.05, 0.1) is 0 Å². The van der Waals surface area contributed by atoms with E-state index in [-0.39, 0.29) is 0 Å². The standard InChI is InChI=1S/C13H19N/c1-10-8-12(10)13(14-2)9-11-6-4-3-5-7-11/h3-7,10,12-14H,8-9H2,1-2H3. The molecule has 0 aromatic heterocycles. The Balaban J connectivity index is 1.95. The quantitative estimate of drug-likeness (QED) is 0.767. The predicted octanol–water partition coefficient (Wildman–Crippen LogP) is 2.47. The van der Waals surface area contributed by atoms with Gasteiger partial charge in [0.15, 0.2) is 0 Å². The van der Waals surface area contributed by atoms with E-state index < -0.39 is 0 Å². The fourth-order valence-electron chi connectivity index (χ4n) is 2.25. The first kappa shape index (κ1) is 9.72. The van der Waals surface area contributed by atoms with E-state index in [2.05, 4.69) is 49.6 Å². The molecule has 0 bridgehead atoms. The molecule has 0 saturated heterocycles. The van der Waals surface area contributed by atoms with Gasteiger partial charge in [0, 0.05) is 6.04 Å². The Kier molecular flexibility index (Phi) is 2.87. The Morgan fingerprint density at radius 2 is 2.00 bits per heavy atom. The van der Waals surface area contributed by atoms with Crippen LogP contribution in [0.15, 0.2) is 30.3 Å². The molecule has 0 amide bonds. The molecule has 1 aliphatic rings. The van der Waals surface area contributed by atoms with Gasteiger partial charge >= 0.3 is 0 Å². The lowest BCUT2D eigenvalue weighted by Crippen LogP contribution is -2.30. The van der Waals surface area contributed by atoms with E-state index in [1.54, 1.807) is 0 Å². The Bertz CT molecular complexity index is 281. The van der Waals surface area contributed by atoms with Gasteiger partial charge in [-0.1, -0.05) is 37.3 Å². The number of hydrogen-bond donors (Lipinski definition) is 1. The normalized spacial score (nSPS) is 27.3. The van der Waals surface area contributed by atoms with Gasteiger partial charge in [-0.2, -0.15) is 0 Å². The Morgan fingerprint density at radius 1 is 1.36 bits per heavy atom. The summed E-state index contributed by atoms with van der Waals surface area (Å²) in [5.74, 6) is 1.83. The van der Waals surface area contributed by atoms with E-state index in [4.69, 9.17) is 0 Å². The maximum Gasteiger partial charge on any atom is 0.0135 e. The highest BCUT2D eigenvalue weighted by Crippen LogP contribution is 2.41. The molecule has 1 nitrogen and oxygen atoms in total. The summed E-state index contributed by atoms with van der Waals surface area (Å²) in [6.45, 7) is 2.35. The molecule has 1 fully saturated rings. The summed E-state index contributed by atoms with van der Waals surface area (Å²) in [6.07, 6.45) is 2.57. The van der Waals surface area contributed by atoms with Crippen molar-refractivity contribution in [1.29, 1.82) is 0 Å². The van der Waals surface area contributed by atoms with E-state index in [1.807, 2.05) is 0 Å². The van der Waals surface area contributed by atoms with Crippen LogP contribution in [0.2, 0.25) is 0 Å². The first-order valence-corrected chi connectivity index (χ1v) is 5.52. The monoisotopic (exact) mass is 189 g/mol. The van der Waals surface area contributed by atoms with Crippen LogP contribution in [0.1, 0.15) is 18.9 Å². The van der Waals surface area contributed by atoms with Crippen molar-refractivity contribution in [3.05, 3.63) is 35.9 Å². The minimum atomic E-state index is 0.674. The maximum absolute atomic E-state index is 3.44. The zero-order valence-corrected chi connectivity index (χ0v) is 9.03. The highest BCUT2D eigenvalue weighted by molar-refractivity contribution is 5.16. The maximum atomic E-state index is 3.44. The average Bonchev–Trinajstić information content (AvgIpc) is 2.93. The number of hydrogen-bond acceptors (Lipinski definition) is 1. The summed E-state index contributed by atoms with van der Waals surface area (Å²) < 4.78 is 0. The zero-order valence-electron chi connectivity index (χ0n) is 9.03. The molecule has 1 aromatic rings. The first-order valence-electron chi connectivity index (χ1n) is 5.52. The zero-order chi connectivity index (χ0) is 9.97. The molecule has 2 rings (SSSR count). The minimum Gasteiger partial charge on any atom is -0.316 e. The lowest BCUT2D eigenvalue weighted by molar-refractivity contribution is 0.479. The van der Waals surface area contributed by atoms with Crippen LogP contribution in [-0.4, -0.2) is 13.1 Å². The third-order valence-electron chi connectivity index (χ3n) is 3.36. The van der Waals surface area contributed by atoms with E-state index in [0.717, 1.165) is 11.8 Å². The molecule has 1 aliphatic carbocycles. The van der Waals surface area contributed by atoms with E-state index >= 15 is 0 Å². The third-order valence-corrected chi connectivity index (χ3v) is 3.36. The van der Waals surface area contributed by atoms with Crippen LogP contribution in [0, 0.1) is 11.8 Å². The van der Waals surface area contributed by atoms with Crippen LogP contribution in [0.25, 0.3) is 0 Å². The van der Waals surface area contributed by atoms with Gasteiger partial charge in [-0.05, 0) is 37.3 Å². The molecule has 0 spiro atoms. The smallest absolute Gasteiger partial charge is 0.0135 e. The Labute approximate surface area is 86.5 Å². The van der Waals surface area contributed by atoms with Gasteiger partial charge in [-0.25, -0.2) is 0 Å². The summed E-state index contributed by atoms with van der Waals surface area (Å²) >= 11 is 0. The largest absolute Gasteiger partial charge is 0.316 e. The number of nitrogens with one attached hydrogen (secondary N) is 1. The molecular formula is C13H19N. The fourth-order valence-corrected chi connectivity index (χ4v) is 2.25. The van der Waals surface area contributed by atoms with E-state index in [9.17, 15) is 0 Å². The lowest BCUT2D eigenvalue weighted by atomic mass is 10.0. The van der Waals surface area contributed by atoms with Crippen LogP contribution >= 0.6 is 0 Å². The Hall–Kier alpha value is -0.820. The second kappa shape index (κ2) is 4.14. The number of benzene rings is 1. The molecule has 1 saturated carbocycles. The molecule has 0 heterocycles. The van der Waals surface area contributed by atoms with Crippen molar-refractivity contribution >= 4 is 0 Å². The van der Waals surface area contributed by atoms with Crippen molar-refractivity contribution in [2.45, 2.75) is 25.8 Å². The van der Waals surface area contributed by atoms with E-state index in [0.29, 0.717) is 6.04 Å². The van der Waals surface area contributed by atoms with Gasteiger partial charge in [-0.3, -0.25) is 0 Å².